The second-order valence-corrected chi connectivity index (χ2v) is 4.27. The molecule has 0 aliphatic rings. The van der Waals surface area contributed by atoms with Crippen LogP contribution in [0.4, 0.5) is 0 Å². The number of amides is 1. The Bertz CT molecular complexity index is 344. The number of carbonyl (C=O) groups is 1. The van der Waals surface area contributed by atoms with Crippen LogP contribution in [0.25, 0.3) is 0 Å². The third-order valence-corrected chi connectivity index (χ3v) is 2.58. The van der Waals surface area contributed by atoms with Crippen molar-refractivity contribution < 1.29 is 4.79 Å². The fourth-order valence-electron chi connectivity index (χ4n) is 1.44. The summed E-state index contributed by atoms with van der Waals surface area (Å²) in [5, 5.41) is 0. The predicted molar refractivity (Wildman–Crippen MR) is 62.7 cm³/mol. The summed E-state index contributed by atoms with van der Waals surface area (Å²) in [6.07, 6.45) is 0. The molecule has 15 heavy (non-hydrogen) atoms. The van der Waals surface area contributed by atoms with E-state index in [2.05, 4.69) is 38.1 Å². The van der Waals surface area contributed by atoms with Gasteiger partial charge in [-0.15, -0.1) is 0 Å². The van der Waals surface area contributed by atoms with E-state index >= 15 is 0 Å². The molecular formula is C13H19NO. The van der Waals surface area contributed by atoms with Gasteiger partial charge in [-0.2, -0.15) is 0 Å². The predicted octanol–water partition coefficient (Wildman–Crippen LogP) is 2.79. The zero-order valence-electron chi connectivity index (χ0n) is 9.95. The van der Waals surface area contributed by atoms with Gasteiger partial charge in [0.2, 0.25) is 5.91 Å². The third kappa shape index (κ3) is 3.39. The summed E-state index contributed by atoms with van der Waals surface area (Å²) < 4.78 is 0. The molecule has 0 N–H and O–H groups in total. The molecule has 0 heterocycles. The number of rotatable bonds is 3. The average Bonchev–Trinajstić information content (AvgIpc) is 2.18. The molecule has 0 aliphatic heterocycles. The largest absolute Gasteiger partial charge is 0.342 e. The minimum Gasteiger partial charge on any atom is -0.342 e. The molecule has 1 aromatic rings. The molecule has 0 fully saturated rings. The highest BCUT2D eigenvalue weighted by atomic mass is 16.2. The van der Waals surface area contributed by atoms with Gasteiger partial charge in [0.1, 0.15) is 0 Å². The van der Waals surface area contributed by atoms with E-state index in [0.717, 1.165) is 0 Å². The van der Waals surface area contributed by atoms with Crippen molar-refractivity contribution in [1.29, 1.82) is 0 Å². The molecule has 0 spiro atoms. The second-order valence-electron chi connectivity index (χ2n) is 4.27. The van der Waals surface area contributed by atoms with Crippen LogP contribution in [-0.2, 0) is 11.3 Å². The van der Waals surface area contributed by atoms with Crippen LogP contribution >= 0.6 is 0 Å². The Labute approximate surface area is 91.9 Å². The zero-order valence-corrected chi connectivity index (χ0v) is 9.95. The Hall–Kier alpha value is -1.31. The Morgan fingerprint density at radius 2 is 2.07 bits per heavy atom. The molecule has 2 nitrogen and oxygen atoms in total. The van der Waals surface area contributed by atoms with Crippen LogP contribution in [0, 0.1) is 0 Å². The van der Waals surface area contributed by atoms with Crippen molar-refractivity contribution in [3.05, 3.63) is 35.4 Å². The highest BCUT2D eigenvalue weighted by Crippen LogP contribution is 2.16. The summed E-state index contributed by atoms with van der Waals surface area (Å²) in [5.41, 5.74) is 2.52. The maximum atomic E-state index is 11.1. The molecule has 1 rings (SSSR count). The maximum absolute atomic E-state index is 11.1. The maximum Gasteiger partial charge on any atom is 0.219 e. The Balaban J connectivity index is 2.78. The lowest BCUT2D eigenvalue weighted by Gasteiger charge is -2.16. The summed E-state index contributed by atoms with van der Waals surface area (Å²) in [4.78, 5) is 12.8. The van der Waals surface area contributed by atoms with Crippen LogP contribution in [0.15, 0.2) is 24.3 Å². The lowest BCUT2D eigenvalue weighted by Crippen LogP contribution is -2.23. The standard InChI is InChI=1S/C13H19NO/c1-10(2)13-7-5-6-12(8-13)9-14(4)11(3)15/h5-8,10H,9H2,1-4H3. The van der Waals surface area contributed by atoms with E-state index in [1.54, 1.807) is 11.8 Å². The van der Waals surface area contributed by atoms with Gasteiger partial charge >= 0.3 is 0 Å². The number of hydrogen-bond donors (Lipinski definition) is 0. The van der Waals surface area contributed by atoms with Crippen molar-refractivity contribution in [1.82, 2.24) is 4.90 Å². The number of nitrogens with zero attached hydrogens (tertiary/aromatic N) is 1. The second kappa shape index (κ2) is 4.96. The van der Waals surface area contributed by atoms with E-state index in [1.807, 2.05) is 7.05 Å². The molecule has 0 saturated heterocycles. The van der Waals surface area contributed by atoms with Crippen molar-refractivity contribution >= 4 is 5.91 Å². The summed E-state index contributed by atoms with van der Waals surface area (Å²) in [7, 11) is 1.82. The summed E-state index contributed by atoms with van der Waals surface area (Å²) in [6, 6.07) is 8.41. The average molecular weight is 205 g/mol. The molecular weight excluding hydrogens is 186 g/mol. The van der Waals surface area contributed by atoms with Crippen LogP contribution in [0.1, 0.15) is 37.8 Å². The fraction of sp³-hybridized carbons (Fsp3) is 0.462. The molecule has 0 aromatic heterocycles. The molecule has 1 aromatic carbocycles. The van der Waals surface area contributed by atoms with E-state index in [0.29, 0.717) is 12.5 Å². The van der Waals surface area contributed by atoms with Gasteiger partial charge in [-0.1, -0.05) is 38.1 Å². The minimum absolute atomic E-state index is 0.102. The van der Waals surface area contributed by atoms with Crippen molar-refractivity contribution in [2.75, 3.05) is 7.05 Å². The van der Waals surface area contributed by atoms with Gasteiger partial charge in [0.15, 0.2) is 0 Å². The third-order valence-electron chi connectivity index (χ3n) is 2.58. The minimum atomic E-state index is 0.102. The van der Waals surface area contributed by atoms with E-state index < -0.39 is 0 Å². The summed E-state index contributed by atoms with van der Waals surface area (Å²) in [5.74, 6) is 0.637. The van der Waals surface area contributed by atoms with Crippen molar-refractivity contribution in [2.45, 2.75) is 33.2 Å². The van der Waals surface area contributed by atoms with E-state index in [-0.39, 0.29) is 5.91 Å². The Morgan fingerprint density at radius 1 is 1.40 bits per heavy atom. The smallest absolute Gasteiger partial charge is 0.219 e. The van der Waals surface area contributed by atoms with Gasteiger partial charge < -0.3 is 4.90 Å². The zero-order chi connectivity index (χ0) is 11.4. The van der Waals surface area contributed by atoms with E-state index in [1.165, 1.54) is 11.1 Å². The molecule has 0 unspecified atom stereocenters. The first-order chi connectivity index (χ1) is 7.00. The Morgan fingerprint density at radius 3 is 2.60 bits per heavy atom. The molecule has 2 heteroatoms. The van der Waals surface area contributed by atoms with Crippen molar-refractivity contribution in [3.63, 3.8) is 0 Å². The van der Waals surface area contributed by atoms with Gasteiger partial charge in [0.25, 0.3) is 0 Å². The van der Waals surface area contributed by atoms with Gasteiger partial charge in [-0.25, -0.2) is 0 Å². The first-order valence-electron chi connectivity index (χ1n) is 5.31. The monoisotopic (exact) mass is 205 g/mol. The first kappa shape index (κ1) is 11.8. The molecule has 1 amide bonds. The first-order valence-corrected chi connectivity index (χ1v) is 5.31. The van der Waals surface area contributed by atoms with Crippen LogP contribution in [0.5, 0.6) is 0 Å². The van der Waals surface area contributed by atoms with Gasteiger partial charge in [0, 0.05) is 20.5 Å². The molecule has 0 saturated carbocycles. The van der Waals surface area contributed by atoms with E-state index in [4.69, 9.17) is 0 Å². The fourth-order valence-corrected chi connectivity index (χ4v) is 1.44. The number of carbonyl (C=O) groups excluding carboxylic acids is 1. The van der Waals surface area contributed by atoms with Crippen LogP contribution in [0.2, 0.25) is 0 Å². The molecule has 0 bridgehead atoms. The summed E-state index contributed by atoms with van der Waals surface area (Å²) >= 11 is 0. The van der Waals surface area contributed by atoms with Crippen LogP contribution < -0.4 is 0 Å². The molecule has 82 valence electrons. The van der Waals surface area contributed by atoms with Gasteiger partial charge in [0.05, 0.1) is 0 Å². The lowest BCUT2D eigenvalue weighted by molar-refractivity contribution is -0.128. The number of hydrogen-bond acceptors (Lipinski definition) is 1. The molecule has 0 aliphatic carbocycles. The van der Waals surface area contributed by atoms with Crippen LogP contribution in [0.3, 0.4) is 0 Å². The highest BCUT2D eigenvalue weighted by Gasteiger charge is 2.05. The quantitative estimate of drug-likeness (QED) is 0.743. The normalized spacial score (nSPS) is 10.5. The van der Waals surface area contributed by atoms with Gasteiger partial charge in [-0.3, -0.25) is 4.79 Å². The van der Waals surface area contributed by atoms with Crippen LogP contribution in [-0.4, -0.2) is 17.9 Å². The van der Waals surface area contributed by atoms with E-state index in [9.17, 15) is 4.79 Å². The van der Waals surface area contributed by atoms with Gasteiger partial charge in [-0.05, 0) is 17.0 Å². The SMILES string of the molecule is CC(=O)N(C)Cc1cccc(C(C)C)c1. The molecule has 0 radical (unpaired) electrons. The van der Waals surface area contributed by atoms with Crippen molar-refractivity contribution in [3.8, 4) is 0 Å². The summed E-state index contributed by atoms with van der Waals surface area (Å²) in [6.45, 7) is 6.63. The lowest BCUT2D eigenvalue weighted by atomic mass is 10.0. The van der Waals surface area contributed by atoms with Crippen molar-refractivity contribution in [2.24, 2.45) is 0 Å². The number of benzene rings is 1. The molecule has 0 atom stereocenters. The topological polar surface area (TPSA) is 20.3 Å². The highest BCUT2D eigenvalue weighted by molar-refractivity contribution is 5.72. The Kier molecular flexibility index (Phi) is 3.89.